The number of ether oxygens (including phenoxy) is 1. The molecule has 0 aliphatic carbocycles. The molecule has 126 valence electrons. The number of nitrogens with zero attached hydrogens (tertiary/aromatic N) is 1. The Kier molecular flexibility index (Phi) is 6.13. The second-order valence-electron chi connectivity index (χ2n) is 5.74. The molecule has 1 saturated heterocycles. The van der Waals surface area contributed by atoms with E-state index >= 15 is 0 Å². The molecule has 0 bridgehead atoms. The van der Waals surface area contributed by atoms with E-state index in [0.717, 1.165) is 12.8 Å². The molecule has 0 saturated carbocycles. The van der Waals surface area contributed by atoms with Crippen LogP contribution in [-0.2, 0) is 4.79 Å². The summed E-state index contributed by atoms with van der Waals surface area (Å²) in [6.45, 7) is 1.31. The van der Waals surface area contributed by atoms with E-state index in [-0.39, 0.29) is 11.8 Å². The zero-order chi connectivity index (χ0) is 17.0. The average Bonchev–Trinajstić information content (AvgIpc) is 2.52. The molecule has 7 heteroatoms. The van der Waals surface area contributed by atoms with Crippen LogP contribution in [0.4, 0.5) is 0 Å². The lowest BCUT2D eigenvalue weighted by Gasteiger charge is -2.33. The zero-order valence-corrected chi connectivity index (χ0v) is 14.5. The van der Waals surface area contributed by atoms with Crippen LogP contribution < -0.4 is 10.5 Å². The van der Waals surface area contributed by atoms with Gasteiger partial charge in [-0.25, -0.2) is 0 Å². The predicted molar refractivity (Wildman–Crippen MR) is 90.1 cm³/mol. The first-order valence-electron chi connectivity index (χ1n) is 7.53. The van der Waals surface area contributed by atoms with E-state index in [1.54, 1.807) is 17.0 Å². The number of primary amides is 1. The third-order valence-corrected chi connectivity index (χ3v) is 4.62. The van der Waals surface area contributed by atoms with E-state index in [1.807, 2.05) is 0 Å². The topological polar surface area (TPSA) is 72.6 Å². The summed E-state index contributed by atoms with van der Waals surface area (Å²) in [5, 5.41) is 0.622. The van der Waals surface area contributed by atoms with E-state index in [9.17, 15) is 9.59 Å². The highest BCUT2D eigenvalue weighted by molar-refractivity contribution is 6.37. The Labute approximate surface area is 145 Å². The number of benzene rings is 1. The molecule has 0 aromatic heterocycles. The van der Waals surface area contributed by atoms with Gasteiger partial charge in [0.05, 0.1) is 17.2 Å². The van der Waals surface area contributed by atoms with E-state index in [2.05, 4.69) is 0 Å². The van der Waals surface area contributed by atoms with Crippen molar-refractivity contribution in [1.29, 1.82) is 0 Å². The Balaban J connectivity index is 2.09. The van der Waals surface area contributed by atoms with Crippen LogP contribution in [0.2, 0.25) is 10.0 Å². The van der Waals surface area contributed by atoms with Crippen molar-refractivity contribution in [3.63, 3.8) is 0 Å². The number of hydrogen-bond acceptors (Lipinski definition) is 3. The number of nitrogens with two attached hydrogens (primary N) is 1. The number of halogens is 2. The highest BCUT2D eigenvalue weighted by Crippen LogP contribution is 2.34. The first-order valence-corrected chi connectivity index (χ1v) is 8.28. The molecule has 0 spiro atoms. The van der Waals surface area contributed by atoms with Crippen LogP contribution >= 0.6 is 23.2 Å². The third kappa shape index (κ3) is 4.52. The van der Waals surface area contributed by atoms with Gasteiger partial charge in [0.25, 0.3) is 5.91 Å². The maximum atomic E-state index is 12.7. The molecule has 1 heterocycles. The average molecular weight is 359 g/mol. The fourth-order valence-electron chi connectivity index (χ4n) is 2.89. The minimum absolute atomic E-state index is 0.111. The highest BCUT2D eigenvalue weighted by Gasteiger charge is 2.25. The quantitative estimate of drug-likeness (QED) is 0.878. The van der Waals surface area contributed by atoms with Crippen molar-refractivity contribution in [3.05, 3.63) is 27.7 Å². The van der Waals surface area contributed by atoms with Crippen LogP contribution in [0.15, 0.2) is 12.1 Å². The third-order valence-electron chi connectivity index (χ3n) is 4.05. The van der Waals surface area contributed by atoms with Gasteiger partial charge in [-0.05, 0) is 37.3 Å². The van der Waals surface area contributed by atoms with Gasteiger partial charge in [0.15, 0.2) is 5.75 Å². The Morgan fingerprint density at radius 1 is 1.35 bits per heavy atom. The van der Waals surface area contributed by atoms with E-state index in [4.69, 9.17) is 33.7 Å². The predicted octanol–water partition coefficient (Wildman–Crippen LogP) is 3.12. The second kappa shape index (κ2) is 7.88. The Morgan fingerprint density at radius 3 is 2.57 bits per heavy atom. The van der Waals surface area contributed by atoms with Gasteiger partial charge in [0.1, 0.15) is 0 Å². The fraction of sp³-hybridized carbons (Fsp3) is 0.500. The number of hydrogen-bond donors (Lipinski definition) is 1. The van der Waals surface area contributed by atoms with Crippen molar-refractivity contribution < 1.29 is 14.3 Å². The molecule has 1 aromatic rings. The van der Waals surface area contributed by atoms with Crippen molar-refractivity contribution in [2.24, 2.45) is 11.7 Å². The molecule has 2 N–H and O–H groups in total. The number of carbonyl (C=O) groups is 2. The lowest BCUT2D eigenvalue weighted by molar-refractivity contribution is -0.118. The maximum Gasteiger partial charge on any atom is 0.253 e. The first-order chi connectivity index (χ1) is 10.9. The minimum Gasteiger partial charge on any atom is -0.494 e. The van der Waals surface area contributed by atoms with Crippen molar-refractivity contribution in [3.8, 4) is 5.75 Å². The normalized spacial score (nSPS) is 17.9. The van der Waals surface area contributed by atoms with Gasteiger partial charge >= 0.3 is 0 Å². The van der Waals surface area contributed by atoms with Crippen molar-refractivity contribution in [2.75, 3.05) is 20.2 Å². The molecule has 1 fully saturated rings. The Morgan fingerprint density at radius 2 is 2.00 bits per heavy atom. The van der Waals surface area contributed by atoms with Gasteiger partial charge in [-0.1, -0.05) is 23.2 Å². The van der Waals surface area contributed by atoms with Crippen molar-refractivity contribution in [2.45, 2.75) is 25.7 Å². The van der Waals surface area contributed by atoms with Gasteiger partial charge in [0, 0.05) is 25.1 Å². The summed E-state index contributed by atoms with van der Waals surface area (Å²) in [4.78, 5) is 25.4. The monoisotopic (exact) mass is 358 g/mol. The highest BCUT2D eigenvalue weighted by atomic mass is 35.5. The summed E-state index contributed by atoms with van der Waals surface area (Å²) >= 11 is 12.2. The molecule has 5 nitrogen and oxygen atoms in total. The number of amides is 2. The van der Waals surface area contributed by atoms with E-state index < -0.39 is 0 Å². The molecular weight excluding hydrogens is 339 g/mol. The van der Waals surface area contributed by atoms with Gasteiger partial charge < -0.3 is 15.4 Å². The summed E-state index contributed by atoms with van der Waals surface area (Å²) < 4.78 is 5.09. The summed E-state index contributed by atoms with van der Waals surface area (Å²) in [6, 6.07) is 3.14. The summed E-state index contributed by atoms with van der Waals surface area (Å²) in [5.41, 5.74) is 5.64. The molecule has 2 amide bonds. The van der Waals surface area contributed by atoms with Crippen LogP contribution in [0.3, 0.4) is 0 Å². The number of piperidine rings is 1. The molecule has 1 aromatic carbocycles. The number of rotatable bonds is 5. The van der Waals surface area contributed by atoms with Gasteiger partial charge in [0.2, 0.25) is 5.91 Å². The molecule has 1 unspecified atom stereocenters. The maximum absolute atomic E-state index is 12.7. The molecule has 0 radical (unpaired) electrons. The molecule has 2 rings (SSSR count). The van der Waals surface area contributed by atoms with Gasteiger partial charge in [-0.2, -0.15) is 0 Å². The van der Waals surface area contributed by atoms with Crippen LogP contribution in [-0.4, -0.2) is 36.9 Å². The number of likely N-dealkylation sites (tertiary alicyclic amines) is 1. The molecular formula is C16H20Cl2N2O3. The van der Waals surface area contributed by atoms with E-state index in [1.165, 1.54) is 7.11 Å². The number of carbonyl (C=O) groups excluding carboxylic acids is 2. The lowest BCUT2D eigenvalue weighted by atomic mass is 9.93. The molecule has 23 heavy (non-hydrogen) atoms. The van der Waals surface area contributed by atoms with Crippen LogP contribution in [0.5, 0.6) is 5.75 Å². The van der Waals surface area contributed by atoms with Crippen LogP contribution in [0, 0.1) is 5.92 Å². The molecule has 1 atom stereocenters. The zero-order valence-electron chi connectivity index (χ0n) is 13.0. The molecule has 1 aliphatic heterocycles. The summed E-state index contributed by atoms with van der Waals surface area (Å²) in [6.07, 6.45) is 2.98. The van der Waals surface area contributed by atoms with Crippen molar-refractivity contribution in [1.82, 2.24) is 4.90 Å². The van der Waals surface area contributed by atoms with E-state index in [0.29, 0.717) is 53.2 Å². The Hall–Kier alpha value is -1.46. The summed E-state index contributed by atoms with van der Waals surface area (Å²) in [7, 11) is 1.47. The number of methoxy groups -OCH3 is 1. The fourth-order valence-corrected chi connectivity index (χ4v) is 3.53. The second-order valence-corrected chi connectivity index (χ2v) is 6.55. The van der Waals surface area contributed by atoms with Crippen LogP contribution in [0.25, 0.3) is 0 Å². The lowest BCUT2D eigenvalue weighted by Crippen LogP contribution is -2.40. The Bertz CT molecular complexity index is 584. The smallest absolute Gasteiger partial charge is 0.253 e. The van der Waals surface area contributed by atoms with Crippen LogP contribution in [0.1, 0.15) is 36.0 Å². The first kappa shape index (κ1) is 17.9. The SMILES string of the molecule is COc1c(Cl)cc(C(=O)N2CCCC(CCC(N)=O)C2)cc1Cl. The summed E-state index contributed by atoms with van der Waals surface area (Å²) in [5.74, 6) is 0.245. The van der Waals surface area contributed by atoms with Crippen molar-refractivity contribution >= 4 is 35.0 Å². The molecule has 1 aliphatic rings. The van der Waals surface area contributed by atoms with Gasteiger partial charge in [-0.3, -0.25) is 9.59 Å². The standard InChI is InChI=1S/C16H20Cl2N2O3/c1-23-15-12(17)7-11(8-13(15)18)16(22)20-6-2-3-10(9-20)4-5-14(19)21/h7-8,10H,2-6,9H2,1H3,(H2,19,21). The van der Waals surface area contributed by atoms with Gasteiger partial charge in [-0.15, -0.1) is 0 Å². The minimum atomic E-state index is -0.304. The largest absolute Gasteiger partial charge is 0.494 e.